The molecule has 0 unspecified atom stereocenters. The Labute approximate surface area is 105 Å². The van der Waals surface area contributed by atoms with Crippen molar-refractivity contribution in [2.24, 2.45) is 5.41 Å². The summed E-state index contributed by atoms with van der Waals surface area (Å²) in [7, 11) is 0. The van der Waals surface area contributed by atoms with E-state index in [1.165, 1.54) is 5.56 Å². The highest BCUT2D eigenvalue weighted by atomic mass is 79.9. The van der Waals surface area contributed by atoms with Crippen molar-refractivity contribution in [2.75, 3.05) is 13.2 Å². The number of benzene rings is 1. The molecule has 16 heavy (non-hydrogen) atoms. The van der Waals surface area contributed by atoms with Gasteiger partial charge in [0.2, 0.25) is 0 Å². The Bertz CT molecular complexity index is 357. The first-order valence-electron chi connectivity index (χ1n) is 5.48. The molecule has 1 saturated heterocycles. The van der Waals surface area contributed by atoms with Gasteiger partial charge in [-0.05, 0) is 18.6 Å². The second kappa shape index (κ2) is 4.47. The van der Waals surface area contributed by atoms with Crippen LogP contribution in [0, 0.1) is 12.3 Å². The molecule has 1 aromatic rings. The van der Waals surface area contributed by atoms with Crippen LogP contribution in [0.25, 0.3) is 0 Å². The van der Waals surface area contributed by atoms with Crippen molar-refractivity contribution in [1.29, 1.82) is 0 Å². The lowest BCUT2D eigenvalue weighted by molar-refractivity contribution is -0.226. The van der Waals surface area contributed by atoms with Crippen LogP contribution in [0.15, 0.2) is 22.7 Å². The van der Waals surface area contributed by atoms with Gasteiger partial charge < -0.3 is 9.47 Å². The van der Waals surface area contributed by atoms with Crippen LogP contribution in [0.2, 0.25) is 0 Å². The van der Waals surface area contributed by atoms with Crippen LogP contribution >= 0.6 is 15.9 Å². The van der Waals surface area contributed by atoms with Gasteiger partial charge in [0, 0.05) is 15.5 Å². The highest BCUT2D eigenvalue weighted by Crippen LogP contribution is 2.35. The first kappa shape index (κ1) is 12.1. The summed E-state index contributed by atoms with van der Waals surface area (Å²) in [5.74, 6) is 0. The zero-order chi connectivity index (χ0) is 11.8. The van der Waals surface area contributed by atoms with Crippen molar-refractivity contribution in [3.8, 4) is 0 Å². The molecule has 0 bridgehead atoms. The van der Waals surface area contributed by atoms with E-state index >= 15 is 0 Å². The smallest absolute Gasteiger partial charge is 0.185 e. The standard InChI is InChI=1S/C13H17BrO2/c1-9-5-4-6-10(14)11(9)12-15-7-13(2,3)8-16-12/h4-6,12H,7-8H2,1-3H3. The van der Waals surface area contributed by atoms with Crippen molar-refractivity contribution in [1.82, 2.24) is 0 Å². The molecule has 0 aromatic heterocycles. The van der Waals surface area contributed by atoms with E-state index in [0.29, 0.717) is 0 Å². The number of rotatable bonds is 1. The van der Waals surface area contributed by atoms with Gasteiger partial charge in [0.15, 0.2) is 6.29 Å². The average molecular weight is 285 g/mol. The number of halogens is 1. The molecule has 3 heteroatoms. The highest BCUT2D eigenvalue weighted by molar-refractivity contribution is 9.10. The van der Waals surface area contributed by atoms with E-state index < -0.39 is 0 Å². The largest absolute Gasteiger partial charge is 0.348 e. The number of hydrogen-bond donors (Lipinski definition) is 0. The molecule has 0 amide bonds. The lowest BCUT2D eigenvalue weighted by atomic mass is 9.95. The maximum absolute atomic E-state index is 5.79. The lowest BCUT2D eigenvalue weighted by Gasteiger charge is -2.35. The molecule has 1 fully saturated rings. The summed E-state index contributed by atoms with van der Waals surface area (Å²) in [4.78, 5) is 0. The molecule has 1 aliphatic rings. The topological polar surface area (TPSA) is 18.5 Å². The van der Waals surface area contributed by atoms with Gasteiger partial charge in [0.25, 0.3) is 0 Å². The minimum absolute atomic E-state index is 0.117. The Morgan fingerprint density at radius 2 is 1.88 bits per heavy atom. The quantitative estimate of drug-likeness (QED) is 0.780. The van der Waals surface area contributed by atoms with E-state index in [0.717, 1.165) is 23.2 Å². The Morgan fingerprint density at radius 3 is 2.44 bits per heavy atom. The van der Waals surface area contributed by atoms with Gasteiger partial charge in [-0.15, -0.1) is 0 Å². The van der Waals surface area contributed by atoms with Crippen molar-refractivity contribution < 1.29 is 9.47 Å². The molecule has 1 heterocycles. The summed E-state index contributed by atoms with van der Waals surface area (Å²) in [6.45, 7) is 7.84. The molecule has 2 nitrogen and oxygen atoms in total. The second-order valence-electron chi connectivity index (χ2n) is 5.09. The van der Waals surface area contributed by atoms with Gasteiger partial charge >= 0.3 is 0 Å². The summed E-state index contributed by atoms with van der Waals surface area (Å²) in [6, 6.07) is 6.12. The summed E-state index contributed by atoms with van der Waals surface area (Å²) >= 11 is 3.55. The first-order chi connectivity index (χ1) is 7.49. The van der Waals surface area contributed by atoms with Crippen LogP contribution in [0.3, 0.4) is 0 Å². The summed E-state index contributed by atoms with van der Waals surface area (Å²) in [5, 5.41) is 0. The second-order valence-corrected chi connectivity index (χ2v) is 5.94. The van der Waals surface area contributed by atoms with Crippen molar-refractivity contribution in [3.05, 3.63) is 33.8 Å². The fourth-order valence-corrected chi connectivity index (χ4v) is 2.45. The molecular formula is C13H17BrO2. The van der Waals surface area contributed by atoms with Gasteiger partial charge in [0.1, 0.15) is 0 Å². The first-order valence-corrected chi connectivity index (χ1v) is 6.27. The summed E-state index contributed by atoms with van der Waals surface area (Å²) < 4.78 is 12.6. The van der Waals surface area contributed by atoms with E-state index in [-0.39, 0.29) is 11.7 Å². The van der Waals surface area contributed by atoms with Gasteiger partial charge in [-0.1, -0.05) is 41.9 Å². The van der Waals surface area contributed by atoms with Crippen LogP contribution in [-0.4, -0.2) is 13.2 Å². The monoisotopic (exact) mass is 284 g/mol. The Hall–Kier alpha value is -0.380. The molecule has 0 spiro atoms. The van der Waals surface area contributed by atoms with E-state index in [1.54, 1.807) is 0 Å². The maximum Gasteiger partial charge on any atom is 0.185 e. The van der Waals surface area contributed by atoms with Crippen LogP contribution in [0.4, 0.5) is 0 Å². The van der Waals surface area contributed by atoms with Crippen LogP contribution in [0.5, 0.6) is 0 Å². The lowest BCUT2D eigenvalue weighted by Crippen LogP contribution is -2.34. The predicted octanol–water partition coefficient (Wildman–Crippen LogP) is 3.83. The van der Waals surface area contributed by atoms with E-state index in [2.05, 4.69) is 42.8 Å². The third kappa shape index (κ3) is 2.47. The van der Waals surface area contributed by atoms with Gasteiger partial charge in [-0.3, -0.25) is 0 Å². The van der Waals surface area contributed by atoms with Gasteiger partial charge in [-0.2, -0.15) is 0 Å². The molecule has 1 aromatic carbocycles. The number of hydrogen-bond acceptors (Lipinski definition) is 2. The van der Waals surface area contributed by atoms with E-state index in [4.69, 9.17) is 9.47 Å². The molecule has 0 radical (unpaired) electrons. The zero-order valence-electron chi connectivity index (χ0n) is 9.92. The molecule has 2 rings (SSSR count). The minimum Gasteiger partial charge on any atom is -0.348 e. The van der Waals surface area contributed by atoms with Crippen molar-refractivity contribution in [2.45, 2.75) is 27.1 Å². The molecule has 0 N–H and O–H groups in total. The Balaban J connectivity index is 2.20. The fraction of sp³-hybridized carbons (Fsp3) is 0.538. The number of ether oxygens (including phenoxy) is 2. The fourth-order valence-electron chi connectivity index (χ4n) is 1.80. The van der Waals surface area contributed by atoms with Crippen LogP contribution in [-0.2, 0) is 9.47 Å². The van der Waals surface area contributed by atoms with Gasteiger partial charge in [0.05, 0.1) is 13.2 Å². The van der Waals surface area contributed by atoms with E-state index in [9.17, 15) is 0 Å². The van der Waals surface area contributed by atoms with Gasteiger partial charge in [-0.25, -0.2) is 0 Å². The predicted molar refractivity (Wildman–Crippen MR) is 67.3 cm³/mol. The molecule has 0 aliphatic carbocycles. The molecule has 0 saturated carbocycles. The van der Waals surface area contributed by atoms with Crippen LogP contribution < -0.4 is 0 Å². The average Bonchev–Trinajstić information content (AvgIpc) is 2.20. The molecule has 0 atom stereocenters. The summed E-state index contributed by atoms with van der Waals surface area (Å²) in [5.41, 5.74) is 2.42. The SMILES string of the molecule is Cc1cccc(Br)c1C1OCC(C)(C)CO1. The normalized spacial score (nSPS) is 21.0. The Kier molecular flexibility index (Phi) is 3.38. The Morgan fingerprint density at radius 1 is 1.25 bits per heavy atom. The third-order valence-corrected chi connectivity index (χ3v) is 3.45. The van der Waals surface area contributed by atoms with Crippen molar-refractivity contribution in [3.63, 3.8) is 0 Å². The number of aryl methyl sites for hydroxylation is 1. The molecule has 88 valence electrons. The highest BCUT2D eigenvalue weighted by Gasteiger charge is 2.30. The van der Waals surface area contributed by atoms with Crippen LogP contribution in [0.1, 0.15) is 31.3 Å². The van der Waals surface area contributed by atoms with Crippen molar-refractivity contribution >= 4 is 15.9 Å². The molecule has 1 aliphatic heterocycles. The zero-order valence-corrected chi connectivity index (χ0v) is 11.5. The molecular weight excluding hydrogens is 268 g/mol. The third-order valence-electron chi connectivity index (χ3n) is 2.76. The summed E-state index contributed by atoms with van der Waals surface area (Å²) in [6.07, 6.45) is -0.233. The minimum atomic E-state index is -0.233. The van der Waals surface area contributed by atoms with E-state index in [1.807, 2.05) is 12.1 Å². The maximum atomic E-state index is 5.79.